The average Bonchev–Trinajstić information content (AvgIpc) is 3.98. The molecule has 0 bridgehead atoms. The van der Waals surface area contributed by atoms with Crippen LogP contribution in [0.4, 0.5) is 0 Å². The van der Waals surface area contributed by atoms with Gasteiger partial charge in [-0.25, -0.2) is 0 Å². The lowest BCUT2D eigenvalue weighted by Crippen LogP contribution is -2.29. The van der Waals surface area contributed by atoms with E-state index in [1.807, 2.05) is 60.7 Å². The second-order valence-electron chi connectivity index (χ2n) is 14.1. The maximum absolute atomic E-state index is 15.0. The summed E-state index contributed by atoms with van der Waals surface area (Å²) in [6, 6.07) is 63.1. The zero-order valence-corrected chi connectivity index (χ0v) is 34.6. The molecule has 0 aliphatic heterocycles. The third-order valence-corrected chi connectivity index (χ3v) is 20.2. The predicted molar refractivity (Wildman–Crippen MR) is 251 cm³/mol. The van der Waals surface area contributed by atoms with E-state index in [-0.39, 0.29) is 27.0 Å². The zero-order chi connectivity index (χ0) is 39.7. The van der Waals surface area contributed by atoms with Crippen LogP contribution in [0.25, 0.3) is 0 Å². The molecule has 0 heterocycles. The summed E-state index contributed by atoms with van der Waals surface area (Å²) < 4.78 is 0. The summed E-state index contributed by atoms with van der Waals surface area (Å²) in [7, 11) is 0. The van der Waals surface area contributed by atoms with Gasteiger partial charge < -0.3 is 0 Å². The van der Waals surface area contributed by atoms with Gasteiger partial charge in [0.25, 0.3) is 0 Å². The highest BCUT2D eigenvalue weighted by atomic mass is 35.5. The molecule has 280 valence electrons. The molecule has 9 rings (SSSR count). The van der Waals surface area contributed by atoms with E-state index in [2.05, 4.69) is 158 Å². The van der Waals surface area contributed by atoms with Crippen molar-refractivity contribution in [2.75, 3.05) is 0 Å². The Bertz CT molecular complexity index is 2500. The Morgan fingerprint density at radius 2 is 0.552 bits per heavy atom. The highest BCUT2D eigenvalue weighted by molar-refractivity contribution is 7.96. The fourth-order valence-corrected chi connectivity index (χ4v) is 17.6. The number of benzene rings is 6. The first-order chi connectivity index (χ1) is 28.5. The third-order valence-electron chi connectivity index (χ3n) is 11.0. The van der Waals surface area contributed by atoms with Gasteiger partial charge in [-0.3, -0.25) is 9.59 Å². The van der Waals surface area contributed by atoms with Crippen molar-refractivity contribution in [3.63, 3.8) is 0 Å². The summed E-state index contributed by atoms with van der Waals surface area (Å²) in [6.07, 6.45) is 12.1. The molecule has 0 fully saturated rings. The van der Waals surface area contributed by atoms with Crippen molar-refractivity contribution in [1.82, 2.24) is 0 Å². The minimum absolute atomic E-state index is 0.155. The van der Waals surface area contributed by atoms with Gasteiger partial charge in [0.15, 0.2) is 5.78 Å². The Morgan fingerprint density at radius 3 is 0.793 bits per heavy atom. The first-order valence-electron chi connectivity index (χ1n) is 19.0. The molecule has 58 heavy (non-hydrogen) atoms. The lowest BCUT2D eigenvalue weighted by atomic mass is 9.87. The van der Waals surface area contributed by atoms with Crippen molar-refractivity contribution in [3.8, 4) is 0 Å². The van der Waals surface area contributed by atoms with Crippen LogP contribution in [0.2, 0.25) is 0 Å². The zero-order valence-electron chi connectivity index (χ0n) is 31.3. The Labute approximate surface area is 349 Å². The van der Waals surface area contributed by atoms with Crippen LogP contribution in [0.15, 0.2) is 251 Å². The van der Waals surface area contributed by atoms with Crippen molar-refractivity contribution >= 4 is 91.0 Å². The van der Waals surface area contributed by atoms with Crippen LogP contribution in [-0.2, 0) is 9.59 Å². The van der Waals surface area contributed by atoms with Gasteiger partial charge in [-0.1, -0.05) is 229 Å². The maximum atomic E-state index is 15.0. The van der Waals surface area contributed by atoms with Crippen LogP contribution in [-0.4, -0.2) is 22.2 Å². The van der Waals surface area contributed by atoms with Crippen LogP contribution in [0.5, 0.6) is 0 Å². The molecule has 0 saturated carbocycles. The number of carbonyl (C=O) groups excluding carboxylic acids is 2. The van der Waals surface area contributed by atoms with Crippen LogP contribution >= 0.6 is 37.0 Å². The van der Waals surface area contributed by atoms with Crippen molar-refractivity contribution in [3.05, 3.63) is 251 Å². The first kappa shape index (κ1) is 37.8. The molecule has 0 unspecified atom stereocenters. The topological polar surface area (TPSA) is 34.1 Å². The van der Waals surface area contributed by atoms with Crippen molar-refractivity contribution < 1.29 is 9.59 Å². The Hall–Kier alpha value is -5.72. The molecule has 0 atom stereocenters. The summed E-state index contributed by atoms with van der Waals surface area (Å²) in [4.78, 5) is 29.1. The highest BCUT2D eigenvalue weighted by Gasteiger charge is 2.39. The maximum Gasteiger partial charge on any atom is 0.217 e. The molecule has 2 nitrogen and oxygen atoms in total. The van der Waals surface area contributed by atoms with Crippen LogP contribution in [0, 0.1) is 0 Å². The standard InChI is InChI=1S/C52H36Cl2O2P2/c53-49-47(37-31-33-45(35-37)57(39-19-7-1-8-20-39,40-21-9-2-10-22-40)41-23-11-3-12-24-41)51(55)48(50(54)52(49)56)38-32-34-46(36-38)58(42-25-13-4-14-26-42,43-27-15-5-16-28-43)44-29-17-6-18-30-44/h1-36H. The third kappa shape index (κ3) is 6.21. The molecular weight excluding hydrogens is 789 g/mol. The van der Waals surface area contributed by atoms with E-state index in [0.29, 0.717) is 11.1 Å². The Balaban J connectivity index is 1.24. The number of ketones is 2. The minimum atomic E-state index is -2.48. The Kier molecular flexibility index (Phi) is 10.4. The largest absolute Gasteiger partial charge is 0.288 e. The number of halogens is 2. The van der Waals surface area contributed by atoms with E-state index in [9.17, 15) is 4.79 Å². The normalized spacial score (nSPS) is 15.7. The van der Waals surface area contributed by atoms with Gasteiger partial charge in [-0.05, 0) is 79.5 Å². The number of hydrogen-bond acceptors (Lipinski definition) is 2. The van der Waals surface area contributed by atoms with Gasteiger partial charge >= 0.3 is 0 Å². The summed E-state index contributed by atoms with van der Waals surface area (Å²) in [5, 5.41) is 8.77. The predicted octanol–water partition coefficient (Wildman–Crippen LogP) is 9.45. The number of carbonyl (C=O) groups is 2. The summed E-state index contributed by atoms with van der Waals surface area (Å²) >= 11 is 13.8. The number of Topliss-reactive ketones (excluding diaryl/α,β-unsaturated/α-hetero) is 2. The summed E-state index contributed by atoms with van der Waals surface area (Å²) in [5.41, 5.74) is 1.47. The fourth-order valence-electron chi connectivity index (χ4n) is 8.45. The monoisotopic (exact) mass is 824 g/mol. The average molecular weight is 826 g/mol. The molecule has 0 radical (unpaired) electrons. The second kappa shape index (κ2) is 15.9. The number of hydrogen-bond donors (Lipinski definition) is 0. The molecule has 3 aliphatic carbocycles. The van der Waals surface area contributed by atoms with E-state index >= 15 is 4.79 Å². The quantitative estimate of drug-likeness (QED) is 0.113. The molecule has 6 heteroatoms. The Morgan fingerprint density at radius 1 is 0.310 bits per heavy atom. The van der Waals surface area contributed by atoms with Gasteiger partial charge in [0.1, 0.15) is 10.1 Å². The van der Waals surface area contributed by atoms with E-state index < -0.39 is 19.6 Å². The molecule has 0 saturated heterocycles. The smallest absolute Gasteiger partial charge is 0.217 e. The van der Waals surface area contributed by atoms with Gasteiger partial charge in [-0.2, -0.15) is 0 Å². The van der Waals surface area contributed by atoms with Gasteiger partial charge in [0.05, 0.1) is 11.1 Å². The lowest BCUT2D eigenvalue weighted by Gasteiger charge is -2.31. The van der Waals surface area contributed by atoms with Crippen LogP contribution in [0.1, 0.15) is 0 Å². The molecule has 3 aliphatic rings. The van der Waals surface area contributed by atoms with E-state index in [1.165, 1.54) is 31.8 Å². The summed E-state index contributed by atoms with van der Waals surface area (Å²) in [5.74, 6) is -0.945. The van der Waals surface area contributed by atoms with Crippen molar-refractivity contribution in [1.29, 1.82) is 0 Å². The molecule has 0 spiro atoms. The first-order valence-corrected chi connectivity index (χ1v) is 23.3. The number of rotatable bonds is 8. The minimum Gasteiger partial charge on any atom is -0.288 e. The van der Waals surface area contributed by atoms with E-state index in [4.69, 9.17) is 23.2 Å². The van der Waals surface area contributed by atoms with E-state index in [1.54, 1.807) is 0 Å². The summed E-state index contributed by atoms with van der Waals surface area (Å²) in [6.45, 7) is -4.95. The van der Waals surface area contributed by atoms with Crippen LogP contribution < -0.4 is 31.8 Å². The van der Waals surface area contributed by atoms with Crippen LogP contribution in [0.3, 0.4) is 0 Å². The number of allylic oxidation sites excluding steroid dienone is 12. The van der Waals surface area contributed by atoms with Gasteiger partial charge in [0, 0.05) is 0 Å². The highest BCUT2D eigenvalue weighted by Crippen LogP contribution is 2.51. The van der Waals surface area contributed by atoms with Gasteiger partial charge in [0.2, 0.25) is 5.78 Å². The molecule has 0 N–H and O–H groups in total. The van der Waals surface area contributed by atoms with Gasteiger partial charge in [-0.15, -0.1) is 0 Å². The molecule has 6 aromatic carbocycles. The van der Waals surface area contributed by atoms with Crippen molar-refractivity contribution in [2.24, 2.45) is 0 Å². The lowest BCUT2D eigenvalue weighted by molar-refractivity contribution is -0.115. The van der Waals surface area contributed by atoms with E-state index in [0.717, 1.165) is 10.6 Å². The second-order valence-corrected chi connectivity index (χ2v) is 21.7. The molecular formula is C52H36Cl2O2P2. The molecule has 6 aromatic rings. The fraction of sp³-hybridized carbons (Fsp3) is 0. The molecule has 0 aromatic heterocycles. The SMILES string of the molecule is O=C1C(Cl)=C(C2=CC(=P(c3ccccc3)(c3ccccc3)c3ccccc3)C=C2)C(=O)C(C2=CC(=P(c3ccccc3)(c3ccccc3)c3ccccc3)C=C2)=C1Cl. The van der Waals surface area contributed by atoms with Crippen molar-refractivity contribution in [2.45, 2.75) is 0 Å². The molecule has 0 amide bonds.